The Morgan fingerprint density at radius 2 is 2.12 bits per heavy atom. The molecule has 7 nitrogen and oxygen atoms in total. The van der Waals surface area contributed by atoms with E-state index in [2.05, 4.69) is 9.97 Å². The lowest BCUT2D eigenvalue weighted by molar-refractivity contribution is 0.182. The van der Waals surface area contributed by atoms with Gasteiger partial charge in [-0.05, 0) is 25.8 Å². The van der Waals surface area contributed by atoms with Gasteiger partial charge in [0.1, 0.15) is 11.9 Å². The second kappa shape index (κ2) is 5.47. The summed E-state index contributed by atoms with van der Waals surface area (Å²) in [5, 5.41) is 10.7. The van der Waals surface area contributed by atoms with Gasteiger partial charge >= 0.3 is 0 Å². The van der Waals surface area contributed by atoms with Crippen LogP contribution in [0.25, 0.3) is 10.9 Å². The van der Waals surface area contributed by atoms with Crippen LogP contribution in [-0.4, -0.2) is 43.5 Å². The Labute approximate surface area is 140 Å². The van der Waals surface area contributed by atoms with Crippen molar-refractivity contribution in [1.29, 1.82) is 4.78 Å². The summed E-state index contributed by atoms with van der Waals surface area (Å²) in [6.07, 6.45) is 1.80. The average molecular weight is 349 g/mol. The predicted molar refractivity (Wildman–Crippen MR) is 89.4 cm³/mol. The molecule has 2 N–H and O–H groups in total. The van der Waals surface area contributed by atoms with Gasteiger partial charge in [0.05, 0.1) is 17.5 Å². The molecule has 0 atom stereocenters. The molecule has 2 aliphatic heterocycles. The number of aryl methyl sites for hydroxylation is 1. The minimum atomic E-state index is -2.44. The SMILES string of the molecule is Cc1nc(O)c2cc(OC3CCS(=N)(=O)CC3)c3c(c2n1)CCO3. The van der Waals surface area contributed by atoms with Crippen molar-refractivity contribution in [2.24, 2.45) is 0 Å². The van der Waals surface area contributed by atoms with E-state index in [0.717, 1.165) is 5.56 Å². The molecule has 3 heterocycles. The van der Waals surface area contributed by atoms with Gasteiger partial charge in [-0.2, -0.15) is 4.98 Å². The van der Waals surface area contributed by atoms with Crippen LogP contribution in [0.2, 0.25) is 0 Å². The zero-order valence-corrected chi connectivity index (χ0v) is 14.2. The van der Waals surface area contributed by atoms with Crippen molar-refractivity contribution in [2.45, 2.75) is 32.3 Å². The van der Waals surface area contributed by atoms with E-state index in [1.807, 2.05) is 0 Å². The fourth-order valence-electron chi connectivity index (χ4n) is 3.30. The fourth-order valence-corrected chi connectivity index (χ4v) is 4.79. The Balaban J connectivity index is 1.74. The number of aromatic hydroxyl groups is 1. The molecule has 1 fully saturated rings. The van der Waals surface area contributed by atoms with E-state index in [-0.39, 0.29) is 12.0 Å². The molecule has 0 aliphatic carbocycles. The number of aromatic nitrogens is 2. The highest BCUT2D eigenvalue weighted by Gasteiger charge is 2.28. The maximum Gasteiger partial charge on any atom is 0.222 e. The molecule has 0 amide bonds. The van der Waals surface area contributed by atoms with E-state index in [0.29, 0.717) is 65.6 Å². The van der Waals surface area contributed by atoms with Crippen LogP contribution in [0, 0.1) is 11.7 Å². The number of ether oxygens (including phenoxy) is 2. The van der Waals surface area contributed by atoms with Crippen molar-refractivity contribution in [3.8, 4) is 17.4 Å². The van der Waals surface area contributed by atoms with Crippen molar-refractivity contribution in [1.82, 2.24) is 9.97 Å². The summed E-state index contributed by atoms with van der Waals surface area (Å²) in [5.41, 5.74) is 1.64. The highest BCUT2D eigenvalue weighted by atomic mass is 32.2. The summed E-state index contributed by atoms with van der Waals surface area (Å²) in [4.78, 5) is 8.47. The molecule has 0 spiro atoms. The van der Waals surface area contributed by atoms with Crippen LogP contribution in [0.3, 0.4) is 0 Å². The molecule has 0 radical (unpaired) electrons. The molecule has 2 aromatic rings. The molecule has 1 aromatic heterocycles. The molecular formula is C16H19N3O4S. The zero-order valence-electron chi connectivity index (χ0n) is 13.4. The molecule has 1 saturated heterocycles. The van der Waals surface area contributed by atoms with Gasteiger partial charge in [0.2, 0.25) is 5.88 Å². The maximum absolute atomic E-state index is 11.8. The largest absolute Gasteiger partial charge is 0.493 e. The van der Waals surface area contributed by atoms with Gasteiger partial charge < -0.3 is 14.6 Å². The van der Waals surface area contributed by atoms with E-state index in [4.69, 9.17) is 14.3 Å². The van der Waals surface area contributed by atoms with Gasteiger partial charge in [0.25, 0.3) is 0 Å². The number of rotatable bonds is 2. The number of hydrogen-bond acceptors (Lipinski definition) is 7. The summed E-state index contributed by atoms with van der Waals surface area (Å²) in [5.74, 6) is 2.43. The normalized spacial score (nSPS) is 26.1. The monoisotopic (exact) mass is 349 g/mol. The van der Waals surface area contributed by atoms with Gasteiger partial charge in [0.15, 0.2) is 11.5 Å². The molecule has 0 bridgehead atoms. The minimum absolute atomic E-state index is 0.0603. The van der Waals surface area contributed by atoms with Crippen LogP contribution in [-0.2, 0) is 16.1 Å². The first-order valence-corrected chi connectivity index (χ1v) is 9.89. The molecule has 1 aromatic carbocycles. The number of nitrogens with one attached hydrogen (secondary N) is 1. The molecule has 0 saturated carbocycles. The maximum atomic E-state index is 11.8. The van der Waals surface area contributed by atoms with Gasteiger partial charge in [-0.25, -0.2) is 9.19 Å². The Hall–Kier alpha value is -2.09. The van der Waals surface area contributed by atoms with Gasteiger partial charge in [-0.1, -0.05) is 0 Å². The van der Waals surface area contributed by atoms with Crippen molar-refractivity contribution in [3.63, 3.8) is 0 Å². The van der Waals surface area contributed by atoms with E-state index < -0.39 is 9.73 Å². The lowest BCUT2D eigenvalue weighted by atomic mass is 10.1. The van der Waals surface area contributed by atoms with Crippen LogP contribution in [0.5, 0.6) is 17.4 Å². The third kappa shape index (κ3) is 2.64. The van der Waals surface area contributed by atoms with Crippen LogP contribution in [0.15, 0.2) is 6.07 Å². The van der Waals surface area contributed by atoms with E-state index in [1.165, 1.54) is 0 Å². The number of nitrogens with zero attached hydrogens (tertiary/aromatic N) is 2. The third-order valence-electron chi connectivity index (χ3n) is 4.53. The fraction of sp³-hybridized carbons (Fsp3) is 0.500. The first kappa shape index (κ1) is 15.4. The Kier molecular flexibility index (Phi) is 3.52. The Bertz CT molecular complexity index is 913. The van der Waals surface area contributed by atoms with Crippen molar-refractivity contribution < 1.29 is 18.8 Å². The van der Waals surface area contributed by atoms with Gasteiger partial charge in [-0.15, -0.1) is 0 Å². The van der Waals surface area contributed by atoms with Crippen LogP contribution in [0.4, 0.5) is 0 Å². The molecule has 2 aliphatic rings. The van der Waals surface area contributed by atoms with Crippen molar-refractivity contribution in [2.75, 3.05) is 18.1 Å². The lowest BCUT2D eigenvalue weighted by Crippen LogP contribution is -2.30. The van der Waals surface area contributed by atoms with Crippen molar-refractivity contribution >= 4 is 20.6 Å². The second-order valence-electron chi connectivity index (χ2n) is 6.31. The molecule has 4 rings (SSSR count). The average Bonchev–Trinajstić information content (AvgIpc) is 3.00. The molecule has 24 heavy (non-hydrogen) atoms. The first-order valence-electron chi connectivity index (χ1n) is 8.00. The topological polar surface area (TPSA) is 105 Å². The molecule has 8 heteroatoms. The predicted octanol–water partition coefficient (Wildman–Crippen LogP) is 2.17. The standard InChI is InChI=1S/C16H19N3O4S/c1-9-18-14-11-2-5-22-15(11)13(8-12(14)16(20)19-9)23-10-3-6-24(17,21)7-4-10/h8,10,17H,2-7H2,1H3,(H,18,19,20). The summed E-state index contributed by atoms with van der Waals surface area (Å²) in [6.45, 7) is 2.30. The molecule has 128 valence electrons. The highest BCUT2D eigenvalue weighted by Crippen LogP contribution is 2.43. The van der Waals surface area contributed by atoms with E-state index >= 15 is 0 Å². The molecule has 0 unspecified atom stereocenters. The second-order valence-corrected chi connectivity index (χ2v) is 8.75. The summed E-state index contributed by atoms with van der Waals surface area (Å²) < 4.78 is 31.3. The summed E-state index contributed by atoms with van der Waals surface area (Å²) in [7, 11) is -2.44. The van der Waals surface area contributed by atoms with Crippen LogP contribution < -0.4 is 9.47 Å². The quantitative estimate of drug-likeness (QED) is 0.861. The first-order chi connectivity index (χ1) is 11.4. The molecular weight excluding hydrogens is 330 g/mol. The number of hydrogen-bond donors (Lipinski definition) is 2. The van der Waals surface area contributed by atoms with Crippen LogP contribution >= 0.6 is 0 Å². The highest BCUT2D eigenvalue weighted by molar-refractivity contribution is 7.92. The third-order valence-corrected chi connectivity index (χ3v) is 6.32. The van der Waals surface area contributed by atoms with E-state index in [1.54, 1.807) is 13.0 Å². The van der Waals surface area contributed by atoms with Crippen molar-refractivity contribution in [3.05, 3.63) is 17.5 Å². The summed E-state index contributed by atoms with van der Waals surface area (Å²) in [6, 6.07) is 1.72. The number of benzene rings is 1. The van der Waals surface area contributed by atoms with Gasteiger partial charge in [-0.3, -0.25) is 4.78 Å². The van der Waals surface area contributed by atoms with Crippen LogP contribution in [0.1, 0.15) is 24.2 Å². The Morgan fingerprint density at radius 1 is 1.38 bits per heavy atom. The summed E-state index contributed by atoms with van der Waals surface area (Å²) >= 11 is 0. The smallest absolute Gasteiger partial charge is 0.222 e. The number of fused-ring (bicyclic) bond motifs is 3. The zero-order chi connectivity index (χ0) is 16.9. The van der Waals surface area contributed by atoms with Gasteiger partial charge in [0, 0.05) is 33.2 Å². The lowest BCUT2D eigenvalue weighted by Gasteiger charge is -2.25. The Morgan fingerprint density at radius 3 is 2.88 bits per heavy atom. The minimum Gasteiger partial charge on any atom is -0.493 e. The van der Waals surface area contributed by atoms with E-state index in [9.17, 15) is 9.32 Å².